The molecule has 0 bridgehead atoms. The molecular weight excluding hydrogens is 380 g/mol. The van der Waals surface area contributed by atoms with Crippen LogP contribution in [0.3, 0.4) is 0 Å². The van der Waals surface area contributed by atoms with Crippen molar-refractivity contribution >= 4 is 5.91 Å². The molecule has 0 spiro atoms. The van der Waals surface area contributed by atoms with Crippen LogP contribution < -0.4 is 10.1 Å². The number of carbonyl (C=O) groups excluding carboxylic acids is 1. The lowest BCUT2D eigenvalue weighted by Gasteiger charge is -2.26. The Bertz CT molecular complexity index is 818. The first kappa shape index (κ1) is 22.3. The first-order chi connectivity index (χ1) is 14.4. The monoisotopic (exact) mass is 414 g/mol. The lowest BCUT2D eigenvalue weighted by Crippen LogP contribution is -2.45. The molecule has 1 N–H and O–H groups in total. The predicted molar refractivity (Wildman–Crippen MR) is 115 cm³/mol. The van der Waals surface area contributed by atoms with Crippen LogP contribution in [0, 0.1) is 13.8 Å². The van der Waals surface area contributed by atoms with Crippen molar-refractivity contribution in [3.63, 3.8) is 0 Å². The van der Waals surface area contributed by atoms with E-state index in [1.54, 1.807) is 0 Å². The van der Waals surface area contributed by atoms with E-state index in [-0.39, 0.29) is 5.91 Å². The van der Waals surface area contributed by atoms with Crippen molar-refractivity contribution in [1.29, 1.82) is 0 Å². The van der Waals surface area contributed by atoms with Crippen molar-refractivity contribution in [2.75, 3.05) is 19.7 Å². The Balaban J connectivity index is 1.59. The Morgan fingerprint density at radius 3 is 2.47 bits per heavy atom. The van der Waals surface area contributed by atoms with Crippen LogP contribution in [0.1, 0.15) is 68.8 Å². The molecule has 7 heteroatoms. The van der Waals surface area contributed by atoms with E-state index in [0.29, 0.717) is 31.3 Å². The van der Waals surface area contributed by atoms with Gasteiger partial charge in [-0.25, -0.2) is 0 Å². The van der Waals surface area contributed by atoms with Gasteiger partial charge in [0.1, 0.15) is 11.3 Å². The van der Waals surface area contributed by atoms with E-state index in [4.69, 9.17) is 9.26 Å². The molecule has 1 aromatic heterocycles. The van der Waals surface area contributed by atoms with Crippen LogP contribution in [0.25, 0.3) is 0 Å². The number of aryl methyl sites for hydroxylation is 2. The summed E-state index contributed by atoms with van der Waals surface area (Å²) < 4.78 is 11.3. The fourth-order valence-corrected chi connectivity index (χ4v) is 4.14. The van der Waals surface area contributed by atoms with E-state index in [9.17, 15) is 4.79 Å². The fraction of sp³-hybridized carbons (Fsp3) is 0.609. The third-order valence-electron chi connectivity index (χ3n) is 5.78. The molecule has 1 fully saturated rings. The number of ether oxygens (including phenoxy) is 1. The van der Waals surface area contributed by atoms with Gasteiger partial charge in [-0.05, 0) is 63.0 Å². The number of hydrogen-bond acceptors (Lipinski definition) is 6. The van der Waals surface area contributed by atoms with Crippen LogP contribution in [0.15, 0.2) is 22.7 Å². The molecule has 1 heterocycles. The number of aromatic nitrogens is 2. The molecule has 164 valence electrons. The zero-order valence-electron chi connectivity index (χ0n) is 18.7. The molecule has 1 amide bonds. The molecule has 0 unspecified atom stereocenters. The largest absolute Gasteiger partial charge is 0.493 e. The number of benzene rings is 1. The molecule has 0 atom stereocenters. The summed E-state index contributed by atoms with van der Waals surface area (Å²) in [6.45, 7) is 11.1. The number of nitrogens with zero attached hydrogens (tertiary/aromatic N) is 3. The van der Waals surface area contributed by atoms with Crippen molar-refractivity contribution in [3.05, 3.63) is 41.0 Å². The summed E-state index contributed by atoms with van der Waals surface area (Å²) in [4.78, 5) is 19.6. The van der Waals surface area contributed by atoms with Crippen LogP contribution >= 0.6 is 0 Å². The molecule has 1 aliphatic rings. The second kappa shape index (κ2) is 10.1. The summed E-state index contributed by atoms with van der Waals surface area (Å²) in [6, 6.07) is 6.07. The molecule has 0 aliphatic heterocycles. The highest BCUT2D eigenvalue weighted by Gasteiger charge is 2.41. The van der Waals surface area contributed by atoms with Crippen LogP contribution in [-0.2, 0) is 16.9 Å². The second-order valence-corrected chi connectivity index (χ2v) is 8.23. The first-order valence-corrected chi connectivity index (χ1v) is 11.0. The highest BCUT2D eigenvalue weighted by atomic mass is 16.5. The molecule has 30 heavy (non-hydrogen) atoms. The van der Waals surface area contributed by atoms with Gasteiger partial charge in [-0.3, -0.25) is 9.69 Å². The maximum absolute atomic E-state index is 12.7. The zero-order valence-corrected chi connectivity index (χ0v) is 18.7. The average Bonchev–Trinajstić information content (AvgIpc) is 3.35. The van der Waals surface area contributed by atoms with Gasteiger partial charge in [0.2, 0.25) is 11.8 Å². The SMILES string of the molecule is CCN(CC)Cc1nc(C2(NC(=O)CCOc3cc(C)cc(C)c3)CCCC2)no1. The van der Waals surface area contributed by atoms with E-state index >= 15 is 0 Å². The predicted octanol–water partition coefficient (Wildman–Crippen LogP) is 3.88. The van der Waals surface area contributed by atoms with Gasteiger partial charge in [0.15, 0.2) is 5.82 Å². The van der Waals surface area contributed by atoms with Gasteiger partial charge >= 0.3 is 0 Å². The molecular formula is C23H34N4O3. The number of rotatable bonds is 10. The zero-order chi connectivity index (χ0) is 21.6. The molecule has 0 saturated heterocycles. The summed E-state index contributed by atoms with van der Waals surface area (Å²) in [5.74, 6) is 1.96. The number of carbonyl (C=O) groups is 1. The van der Waals surface area contributed by atoms with Gasteiger partial charge in [-0.2, -0.15) is 4.98 Å². The molecule has 7 nitrogen and oxygen atoms in total. The van der Waals surface area contributed by atoms with Gasteiger partial charge in [0, 0.05) is 0 Å². The van der Waals surface area contributed by atoms with Gasteiger partial charge in [-0.1, -0.05) is 37.9 Å². The number of amides is 1. The van der Waals surface area contributed by atoms with E-state index in [2.05, 4.69) is 40.3 Å². The highest BCUT2D eigenvalue weighted by Crippen LogP contribution is 2.37. The lowest BCUT2D eigenvalue weighted by molar-refractivity contribution is -0.123. The molecule has 0 radical (unpaired) electrons. The van der Waals surface area contributed by atoms with Gasteiger partial charge < -0.3 is 14.6 Å². The summed E-state index contributed by atoms with van der Waals surface area (Å²) in [6.07, 6.45) is 4.04. The molecule has 1 aromatic carbocycles. The maximum Gasteiger partial charge on any atom is 0.240 e. The van der Waals surface area contributed by atoms with Crippen molar-refractivity contribution in [2.24, 2.45) is 0 Å². The third-order valence-corrected chi connectivity index (χ3v) is 5.78. The summed E-state index contributed by atoms with van der Waals surface area (Å²) in [7, 11) is 0. The minimum absolute atomic E-state index is 0.0450. The fourth-order valence-electron chi connectivity index (χ4n) is 4.14. The van der Waals surface area contributed by atoms with Crippen molar-refractivity contribution in [3.8, 4) is 5.75 Å². The number of nitrogens with one attached hydrogen (secondary N) is 1. The highest BCUT2D eigenvalue weighted by molar-refractivity contribution is 5.77. The van der Waals surface area contributed by atoms with E-state index < -0.39 is 5.54 Å². The summed E-state index contributed by atoms with van der Waals surface area (Å²) in [5, 5.41) is 7.43. The topological polar surface area (TPSA) is 80.5 Å². The Labute approximate surface area is 179 Å². The summed E-state index contributed by atoms with van der Waals surface area (Å²) >= 11 is 0. The smallest absolute Gasteiger partial charge is 0.240 e. The molecule has 1 saturated carbocycles. The van der Waals surface area contributed by atoms with E-state index in [1.165, 1.54) is 0 Å². The standard InChI is InChI=1S/C23H34N4O3/c1-5-27(6-2)16-21-24-22(26-30-21)23(10-7-8-11-23)25-20(28)9-12-29-19-14-17(3)13-18(4)15-19/h13-15H,5-12,16H2,1-4H3,(H,25,28). The number of hydrogen-bond donors (Lipinski definition) is 1. The van der Waals surface area contributed by atoms with Crippen molar-refractivity contribution in [2.45, 2.75) is 71.9 Å². The Morgan fingerprint density at radius 2 is 1.83 bits per heavy atom. The normalized spacial score (nSPS) is 15.5. The van der Waals surface area contributed by atoms with Crippen LogP contribution in [-0.4, -0.2) is 40.6 Å². The third kappa shape index (κ3) is 5.59. The van der Waals surface area contributed by atoms with E-state index in [1.807, 2.05) is 26.0 Å². The first-order valence-electron chi connectivity index (χ1n) is 11.0. The van der Waals surface area contributed by atoms with Crippen LogP contribution in [0.2, 0.25) is 0 Å². The van der Waals surface area contributed by atoms with Crippen molar-refractivity contribution < 1.29 is 14.1 Å². The second-order valence-electron chi connectivity index (χ2n) is 8.23. The molecule has 1 aliphatic carbocycles. The van der Waals surface area contributed by atoms with Gasteiger partial charge in [0.25, 0.3) is 0 Å². The Morgan fingerprint density at radius 1 is 1.17 bits per heavy atom. The minimum Gasteiger partial charge on any atom is -0.493 e. The van der Waals surface area contributed by atoms with Gasteiger partial charge in [0.05, 0.1) is 19.6 Å². The molecule has 2 aromatic rings. The quantitative estimate of drug-likeness (QED) is 0.635. The van der Waals surface area contributed by atoms with Crippen molar-refractivity contribution in [1.82, 2.24) is 20.4 Å². The van der Waals surface area contributed by atoms with E-state index in [0.717, 1.165) is 55.6 Å². The Kier molecular flexibility index (Phi) is 7.48. The maximum atomic E-state index is 12.7. The minimum atomic E-state index is -0.526. The van der Waals surface area contributed by atoms with Gasteiger partial charge in [-0.15, -0.1) is 0 Å². The molecule has 3 rings (SSSR count). The average molecular weight is 415 g/mol. The van der Waals surface area contributed by atoms with Crippen LogP contribution in [0.5, 0.6) is 5.75 Å². The lowest BCUT2D eigenvalue weighted by atomic mass is 9.96. The Hall–Kier alpha value is -2.41. The summed E-state index contributed by atoms with van der Waals surface area (Å²) in [5.41, 5.74) is 1.77. The van der Waals surface area contributed by atoms with Crippen LogP contribution in [0.4, 0.5) is 0 Å².